The van der Waals surface area contributed by atoms with E-state index in [1.54, 1.807) is 25.1 Å². The largest absolute Gasteiger partial charge is 0.495 e. The maximum absolute atomic E-state index is 11.9. The third kappa shape index (κ3) is 2.24. The van der Waals surface area contributed by atoms with Crippen molar-refractivity contribution in [3.8, 4) is 5.75 Å². The SMILES string of the molecule is COc1cccc(C(=O)Nc2nnc(C)o2)c1N. The molecule has 0 spiro atoms. The predicted molar refractivity (Wildman–Crippen MR) is 64.4 cm³/mol. The molecule has 2 aromatic rings. The van der Waals surface area contributed by atoms with Gasteiger partial charge in [-0.1, -0.05) is 11.2 Å². The molecule has 0 saturated heterocycles. The van der Waals surface area contributed by atoms with Crippen molar-refractivity contribution < 1.29 is 13.9 Å². The van der Waals surface area contributed by atoms with Crippen LogP contribution in [0, 0.1) is 6.92 Å². The van der Waals surface area contributed by atoms with Crippen LogP contribution in [0.3, 0.4) is 0 Å². The number of aryl methyl sites for hydroxylation is 1. The zero-order chi connectivity index (χ0) is 13.1. The smallest absolute Gasteiger partial charge is 0.322 e. The lowest BCUT2D eigenvalue weighted by Crippen LogP contribution is -2.14. The second-order valence-corrected chi connectivity index (χ2v) is 3.50. The third-order valence-electron chi connectivity index (χ3n) is 2.28. The van der Waals surface area contributed by atoms with E-state index in [2.05, 4.69) is 15.5 Å². The number of hydrogen-bond donors (Lipinski definition) is 2. The molecule has 18 heavy (non-hydrogen) atoms. The van der Waals surface area contributed by atoms with E-state index in [-0.39, 0.29) is 17.3 Å². The molecule has 94 valence electrons. The molecule has 1 aromatic carbocycles. The number of hydrogen-bond acceptors (Lipinski definition) is 6. The molecule has 2 rings (SSSR count). The van der Waals surface area contributed by atoms with Crippen LogP contribution in [0.4, 0.5) is 11.7 Å². The van der Waals surface area contributed by atoms with Crippen molar-refractivity contribution in [2.45, 2.75) is 6.92 Å². The first-order valence-corrected chi connectivity index (χ1v) is 5.15. The Morgan fingerprint density at radius 2 is 2.22 bits per heavy atom. The van der Waals surface area contributed by atoms with Gasteiger partial charge in [0, 0.05) is 6.92 Å². The van der Waals surface area contributed by atoms with Crippen molar-refractivity contribution in [1.29, 1.82) is 0 Å². The average molecular weight is 248 g/mol. The summed E-state index contributed by atoms with van der Waals surface area (Å²) in [6.45, 7) is 1.63. The van der Waals surface area contributed by atoms with E-state index < -0.39 is 5.91 Å². The maximum Gasteiger partial charge on any atom is 0.322 e. The van der Waals surface area contributed by atoms with Gasteiger partial charge in [0.25, 0.3) is 5.91 Å². The molecular weight excluding hydrogens is 236 g/mol. The number of benzene rings is 1. The Bertz CT molecular complexity index is 579. The Morgan fingerprint density at radius 1 is 1.44 bits per heavy atom. The summed E-state index contributed by atoms with van der Waals surface area (Å²) >= 11 is 0. The number of nitrogen functional groups attached to an aromatic ring is 1. The van der Waals surface area contributed by atoms with Gasteiger partial charge < -0.3 is 14.9 Å². The van der Waals surface area contributed by atoms with Crippen LogP contribution in [0.5, 0.6) is 5.75 Å². The first-order chi connectivity index (χ1) is 8.61. The quantitative estimate of drug-likeness (QED) is 0.791. The molecule has 0 atom stereocenters. The number of carbonyl (C=O) groups is 1. The van der Waals surface area contributed by atoms with Gasteiger partial charge in [-0.3, -0.25) is 10.1 Å². The molecule has 0 unspecified atom stereocenters. The Balaban J connectivity index is 2.24. The van der Waals surface area contributed by atoms with Gasteiger partial charge >= 0.3 is 6.01 Å². The molecule has 0 radical (unpaired) electrons. The van der Waals surface area contributed by atoms with Gasteiger partial charge in [-0.25, -0.2) is 0 Å². The highest BCUT2D eigenvalue weighted by atomic mass is 16.5. The van der Waals surface area contributed by atoms with Crippen LogP contribution >= 0.6 is 0 Å². The first kappa shape index (κ1) is 11.9. The highest BCUT2D eigenvalue weighted by Crippen LogP contribution is 2.25. The molecule has 0 aliphatic rings. The highest BCUT2D eigenvalue weighted by Gasteiger charge is 2.15. The van der Waals surface area contributed by atoms with Crippen LogP contribution in [0.1, 0.15) is 16.2 Å². The summed E-state index contributed by atoms with van der Waals surface area (Å²) in [6, 6.07) is 4.95. The van der Waals surface area contributed by atoms with E-state index in [4.69, 9.17) is 14.9 Å². The Labute approximate surface area is 103 Å². The number of nitrogens with two attached hydrogens (primary N) is 1. The molecule has 7 nitrogen and oxygen atoms in total. The van der Waals surface area contributed by atoms with Gasteiger partial charge in [0.2, 0.25) is 5.89 Å². The van der Waals surface area contributed by atoms with Crippen LogP contribution in [-0.4, -0.2) is 23.2 Å². The van der Waals surface area contributed by atoms with E-state index in [9.17, 15) is 4.79 Å². The normalized spacial score (nSPS) is 10.1. The van der Waals surface area contributed by atoms with Gasteiger partial charge in [0.05, 0.1) is 18.4 Å². The van der Waals surface area contributed by atoms with Crippen LogP contribution in [-0.2, 0) is 0 Å². The van der Waals surface area contributed by atoms with E-state index in [0.717, 1.165) is 0 Å². The number of rotatable bonds is 3. The van der Waals surface area contributed by atoms with Gasteiger partial charge in [-0.05, 0) is 12.1 Å². The molecule has 1 amide bonds. The number of nitrogens with zero attached hydrogens (tertiary/aromatic N) is 2. The molecule has 1 heterocycles. The van der Waals surface area contributed by atoms with Crippen LogP contribution in [0.25, 0.3) is 0 Å². The molecule has 0 fully saturated rings. The second kappa shape index (κ2) is 4.74. The number of anilines is 2. The van der Waals surface area contributed by atoms with Crippen LogP contribution in [0.2, 0.25) is 0 Å². The number of amides is 1. The summed E-state index contributed by atoms with van der Waals surface area (Å²) in [5.74, 6) is 0.364. The first-order valence-electron chi connectivity index (χ1n) is 5.15. The third-order valence-corrected chi connectivity index (χ3v) is 2.28. The molecule has 0 aliphatic carbocycles. The standard InChI is InChI=1S/C11H12N4O3/c1-6-14-15-11(18-6)13-10(16)7-4-3-5-8(17-2)9(7)12/h3-5H,12H2,1-2H3,(H,13,15,16). The predicted octanol–water partition coefficient (Wildman–Crippen LogP) is 1.22. The number of ether oxygens (including phenoxy) is 1. The summed E-state index contributed by atoms with van der Waals surface area (Å²) in [5.41, 5.74) is 6.34. The Morgan fingerprint density at radius 3 is 2.83 bits per heavy atom. The minimum absolute atomic E-state index is 0.0275. The lowest BCUT2D eigenvalue weighted by molar-refractivity contribution is 0.102. The highest BCUT2D eigenvalue weighted by molar-refractivity contribution is 6.07. The summed E-state index contributed by atoms with van der Waals surface area (Å²) < 4.78 is 10.1. The van der Waals surface area contributed by atoms with Crippen LogP contribution < -0.4 is 15.8 Å². The van der Waals surface area contributed by atoms with Crippen molar-refractivity contribution in [2.24, 2.45) is 0 Å². The Hall–Kier alpha value is -2.57. The fourth-order valence-corrected chi connectivity index (χ4v) is 1.43. The number of aromatic nitrogens is 2. The summed E-state index contributed by atoms with van der Waals surface area (Å²) in [7, 11) is 1.48. The molecular formula is C11H12N4O3. The lowest BCUT2D eigenvalue weighted by Gasteiger charge is -2.08. The molecule has 1 aromatic heterocycles. The topological polar surface area (TPSA) is 103 Å². The monoisotopic (exact) mass is 248 g/mol. The average Bonchev–Trinajstić information content (AvgIpc) is 2.75. The number of carbonyl (C=O) groups excluding carboxylic acids is 1. The molecule has 0 aliphatic heterocycles. The van der Waals surface area contributed by atoms with E-state index in [1.165, 1.54) is 7.11 Å². The second-order valence-electron chi connectivity index (χ2n) is 3.50. The van der Waals surface area contributed by atoms with Crippen molar-refractivity contribution in [2.75, 3.05) is 18.2 Å². The van der Waals surface area contributed by atoms with Gasteiger partial charge in [-0.15, -0.1) is 5.10 Å². The van der Waals surface area contributed by atoms with Crippen LogP contribution in [0.15, 0.2) is 22.6 Å². The molecule has 0 saturated carbocycles. The van der Waals surface area contributed by atoms with Gasteiger partial charge in [0.1, 0.15) is 5.75 Å². The Kier molecular flexibility index (Phi) is 3.13. The van der Waals surface area contributed by atoms with E-state index in [1.807, 2.05) is 0 Å². The van der Waals surface area contributed by atoms with Gasteiger partial charge in [-0.2, -0.15) is 0 Å². The minimum Gasteiger partial charge on any atom is -0.495 e. The van der Waals surface area contributed by atoms with Crippen molar-refractivity contribution in [3.05, 3.63) is 29.7 Å². The fourth-order valence-electron chi connectivity index (χ4n) is 1.43. The zero-order valence-corrected chi connectivity index (χ0v) is 9.93. The number of para-hydroxylation sites is 1. The van der Waals surface area contributed by atoms with E-state index >= 15 is 0 Å². The number of nitrogens with one attached hydrogen (secondary N) is 1. The van der Waals surface area contributed by atoms with Crippen molar-refractivity contribution in [1.82, 2.24) is 10.2 Å². The summed E-state index contributed by atoms with van der Waals surface area (Å²) in [4.78, 5) is 11.9. The fraction of sp³-hybridized carbons (Fsp3) is 0.182. The lowest BCUT2D eigenvalue weighted by atomic mass is 10.1. The summed E-state index contributed by atoms with van der Waals surface area (Å²) in [5, 5.41) is 9.72. The molecule has 0 bridgehead atoms. The van der Waals surface area contributed by atoms with Crippen molar-refractivity contribution >= 4 is 17.6 Å². The zero-order valence-electron chi connectivity index (χ0n) is 9.93. The van der Waals surface area contributed by atoms with Crippen molar-refractivity contribution in [3.63, 3.8) is 0 Å². The minimum atomic E-state index is -0.435. The van der Waals surface area contributed by atoms with Gasteiger partial charge in [0.15, 0.2) is 0 Å². The molecule has 3 N–H and O–H groups in total. The van der Waals surface area contributed by atoms with E-state index in [0.29, 0.717) is 11.6 Å². The molecule has 7 heteroatoms. The summed E-state index contributed by atoms with van der Waals surface area (Å²) in [6.07, 6.45) is 0. The number of methoxy groups -OCH3 is 1. The maximum atomic E-state index is 11.9.